The van der Waals surface area contributed by atoms with Crippen LogP contribution in [0.2, 0.25) is 0 Å². The van der Waals surface area contributed by atoms with E-state index in [0.29, 0.717) is 13.0 Å². The topological polar surface area (TPSA) is 38.3 Å². The lowest BCUT2D eigenvalue weighted by Crippen LogP contribution is -2.24. The number of hydrogen-bond acceptors (Lipinski definition) is 2. The van der Waals surface area contributed by atoms with Crippen LogP contribution in [0.3, 0.4) is 0 Å². The first-order valence-corrected chi connectivity index (χ1v) is 7.27. The van der Waals surface area contributed by atoms with Crippen LogP contribution < -0.4 is 10.1 Å². The Hall–Kier alpha value is -2.29. The molecule has 0 aliphatic carbocycles. The molecule has 3 heteroatoms. The summed E-state index contributed by atoms with van der Waals surface area (Å²) in [5, 5.41) is 2.96. The van der Waals surface area contributed by atoms with E-state index < -0.39 is 0 Å². The number of aryl methyl sites for hydroxylation is 1. The predicted octanol–water partition coefficient (Wildman–Crippen LogP) is 2.79. The van der Waals surface area contributed by atoms with E-state index >= 15 is 0 Å². The number of ether oxygens (including phenoxy) is 1. The van der Waals surface area contributed by atoms with Crippen molar-refractivity contribution < 1.29 is 9.53 Å². The highest BCUT2D eigenvalue weighted by atomic mass is 16.5. The van der Waals surface area contributed by atoms with Gasteiger partial charge in [-0.3, -0.25) is 4.79 Å². The van der Waals surface area contributed by atoms with Gasteiger partial charge in [0, 0.05) is 13.0 Å². The molecule has 0 aromatic heterocycles. The van der Waals surface area contributed by atoms with Crippen molar-refractivity contribution in [2.45, 2.75) is 26.3 Å². The molecule has 0 saturated heterocycles. The van der Waals surface area contributed by atoms with Crippen molar-refractivity contribution in [3.05, 3.63) is 64.7 Å². The second-order valence-corrected chi connectivity index (χ2v) is 5.48. The van der Waals surface area contributed by atoms with Crippen molar-refractivity contribution in [3.8, 4) is 5.75 Å². The third kappa shape index (κ3) is 3.43. The highest BCUT2D eigenvalue weighted by Crippen LogP contribution is 2.25. The second kappa shape index (κ2) is 6.00. The standard InChI is InChI=1S/C18H19NO2/c1-13-2-4-14(5-3-13)12-19-18(20)11-15-6-7-17-16(10-15)8-9-21-17/h2-7,10H,8-9,11-12H2,1H3,(H,19,20). The zero-order valence-electron chi connectivity index (χ0n) is 12.2. The van der Waals surface area contributed by atoms with Gasteiger partial charge in [0.1, 0.15) is 5.75 Å². The largest absolute Gasteiger partial charge is 0.493 e. The Morgan fingerprint density at radius 3 is 2.71 bits per heavy atom. The average Bonchev–Trinajstić information content (AvgIpc) is 2.94. The van der Waals surface area contributed by atoms with Crippen LogP contribution >= 0.6 is 0 Å². The Kier molecular flexibility index (Phi) is 3.91. The number of fused-ring (bicyclic) bond motifs is 1. The third-order valence-corrected chi connectivity index (χ3v) is 3.73. The van der Waals surface area contributed by atoms with Gasteiger partial charge in [0.05, 0.1) is 13.0 Å². The van der Waals surface area contributed by atoms with Crippen molar-refractivity contribution in [1.29, 1.82) is 0 Å². The van der Waals surface area contributed by atoms with E-state index in [0.717, 1.165) is 29.9 Å². The van der Waals surface area contributed by atoms with E-state index in [2.05, 4.69) is 30.4 Å². The highest BCUT2D eigenvalue weighted by Gasteiger charge is 2.13. The van der Waals surface area contributed by atoms with E-state index in [4.69, 9.17) is 4.74 Å². The van der Waals surface area contributed by atoms with E-state index in [1.54, 1.807) is 0 Å². The summed E-state index contributed by atoms with van der Waals surface area (Å²) in [5.41, 5.74) is 4.60. The number of carbonyl (C=O) groups is 1. The summed E-state index contributed by atoms with van der Waals surface area (Å²) in [6.07, 6.45) is 1.35. The first-order valence-electron chi connectivity index (χ1n) is 7.27. The molecule has 0 unspecified atom stereocenters. The van der Waals surface area contributed by atoms with Crippen molar-refractivity contribution in [1.82, 2.24) is 5.32 Å². The molecule has 108 valence electrons. The van der Waals surface area contributed by atoms with Gasteiger partial charge in [-0.1, -0.05) is 42.0 Å². The Morgan fingerprint density at radius 1 is 1.14 bits per heavy atom. The maximum absolute atomic E-state index is 12.0. The summed E-state index contributed by atoms with van der Waals surface area (Å²) < 4.78 is 5.47. The molecule has 1 heterocycles. The minimum atomic E-state index is 0.0504. The molecule has 0 spiro atoms. The number of rotatable bonds is 4. The van der Waals surface area contributed by atoms with E-state index in [-0.39, 0.29) is 5.91 Å². The van der Waals surface area contributed by atoms with Gasteiger partial charge in [-0.15, -0.1) is 0 Å². The maximum atomic E-state index is 12.0. The van der Waals surface area contributed by atoms with E-state index in [9.17, 15) is 4.79 Å². The van der Waals surface area contributed by atoms with Crippen LogP contribution in [-0.4, -0.2) is 12.5 Å². The molecule has 1 N–H and O–H groups in total. The molecule has 3 rings (SSSR count). The van der Waals surface area contributed by atoms with Crippen LogP contribution in [0, 0.1) is 6.92 Å². The molecule has 0 atom stereocenters. The van der Waals surface area contributed by atoms with Crippen molar-refractivity contribution in [2.75, 3.05) is 6.61 Å². The molecule has 3 nitrogen and oxygen atoms in total. The van der Waals surface area contributed by atoms with Crippen molar-refractivity contribution in [2.24, 2.45) is 0 Å². The predicted molar refractivity (Wildman–Crippen MR) is 82.4 cm³/mol. The molecule has 2 aromatic rings. The van der Waals surface area contributed by atoms with Crippen molar-refractivity contribution >= 4 is 5.91 Å². The minimum absolute atomic E-state index is 0.0504. The van der Waals surface area contributed by atoms with Gasteiger partial charge in [-0.25, -0.2) is 0 Å². The number of carbonyl (C=O) groups excluding carboxylic acids is 1. The fourth-order valence-corrected chi connectivity index (χ4v) is 2.50. The summed E-state index contributed by atoms with van der Waals surface area (Å²) in [5.74, 6) is 1.01. The van der Waals surface area contributed by atoms with Gasteiger partial charge in [0.2, 0.25) is 5.91 Å². The Labute approximate surface area is 124 Å². The lowest BCUT2D eigenvalue weighted by Gasteiger charge is -2.07. The first-order chi connectivity index (χ1) is 10.2. The Morgan fingerprint density at radius 2 is 1.90 bits per heavy atom. The Balaban J connectivity index is 1.55. The maximum Gasteiger partial charge on any atom is 0.224 e. The average molecular weight is 281 g/mol. The van der Waals surface area contributed by atoms with Gasteiger partial charge in [-0.2, -0.15) is 0 Å². The lowest BCUT2D eigenvalue weighted by molar-refractivity contribution is -0.120. The lowest BCUT2D eigenvalue weighted by atomic mass is 10.1. The smallest absolute Gasteiger partial charge is 0.224 e. The molecular formula is C18H19NO2. The van der Waals surface area contributed by atoms with Crippen LogP contribution in [0.25, 0.3) is 0 Å². The fraction of sp³-hybridized carbons (Fsp3) is 0.278. The summed E-state index contributed by atoms with van der Waals surface area (Å²) in [6.45, 7) is 3.38. The number of hydrogen-bond donors (Lipinski definition) is 1. The molecule has 21 heavy (non-hydrogen) atoms. The van der Waals surface area contributed by atoms with Gasteiger partial charge in [0.15, 0.2) is 0 Å². The molecule has 0 fully saturated rings. The zero-order chi connectivity index (χ0) is 14.7. The van der Waals surface area contributed by atoms with Crippen LogP contribution in [0.4, 0.5) is 0 Å². The monoisotopic (exact) mass is 281 g/mol. The summed E-state index contributed by atoms with van der Waals surface area (Å²) in [4.78, 5) is 12.0. The molecule has 0 saturated carbocycles. The molecule has 1 aliphatic rings. The number of amides is 1. The summed E-state index contributed by atoms with van der Waals surface area (Å²) in [7, 11) is 0. The van der Waals surface area contributed by atoms with Gasteiger partial charge in [0.25, 0.3) is 0 Å². The molecule has 1 aliphatic heterocycles. The van der Waals surface area contributed by atoms with Crippen LogP contribution in [-0.2, 0) is 24.2 Å². The van der Waals surface area contributed by atoms with E-state index in [1.165, 1.54) is 11.1 Å². The summed E-state index contributed by atoms with van der Waals surface area (Å²) >= 11 is 0. The molecular weight excluding hydrogens is 262 g/mol. The number of benzene rings is 2. The highest BCUT2D eigenvalue weighted by molar-refractivity contribution is 5.78. The second-order valence-electron chi connectivity index (χ2n) is 5.48. The normalized spacial score (nSPS) is 12.6. The van der Waals surface area contributed by atoms with Gasteiger partial charge < -0.3 is 10.1 Å². The van der Waals surface area contributed by atoms with Crippen LogP contribution in [0.5, 0.6) is 5.75 Å². The van der Waals surface area contributed by atoms with E-state index in [1.807, 2.05) is 24.3 Å². The Bertz CT molecular complexity index is 647. The summed E-state index contributed by atoms with van der Waals surface area (Å²) in [6, 6.07) is 14.2. The quantitative estimate of drug-likeness (QED) is 0.936. The van der Waals surface area contributed by atoms with Gasteiger partial charge >= 0.3 is 0 Å². The molecule has 0 radical (unpaired) electrons. The number of nitrogens with one attached hydrogen (secondary N) is 1. The van der Waals surface area contributed by atoms with Gasteiger partial charge in [-0.05, 0) is 29.7 Å². The fourth-order valence-electron chi connectivity index (χ4n) is 2.50. The SMILES string of the molecule is Cc1ccc(CNC(=O)Cc2ccc3c(c2)CCO3)cc1. The first kappa shape index (κ1) is 13.7. The third-order valence-electron chi connectivity index (χ3n) is 3.73. The van der Waals surface area contributed by atoms with Crippen LogP contribution in [0.15, 0.2) is 42.5 Å². The zero-order valence-corrected chi connectivity index (χ0v) is 12.2. The van der Waals surface area contributed by atoms with Crippen LogP contribution in [0.1, 0.15) is 22.3 Å². The molecule has 2 aromatic carbocycles. The minimum Gasteiger partial charge on any atom is -0.493 e. The molecule has 0 bridgehead atoms. The van der Waals surface area contributed by atoms with Crippen molar-refractivity contribution in [3.63, 3.8) is 0 Å². The molecule has 1 amide bonds.